The van der Waals surface area contributed by atoms with Gasteiger partial charge in [-0.25, -0.2) is 4.98 Å². The lowest BCUT2D eigenvalue weighted by Crippen LogP contribution is -2.28. The molecule has 39 heavy (non-hydrogen) atoms. The van der Waals surface area contributed by atoms with Gasteiger partial charge >= 0.3 is 0 Å². The first-order valence-electron chi connectivity index (χ1n) is 12.2. The van der Waals surface area contributed by atoms with E-state index in [-0.39, 0.29) is 17.4 Å². The molecular formula is C30H27N7O2. The number of para-hydroxylation sites is 1. The Morgan fingerprint density at radius 3 is 2.62 bits per heavy atom. The van der Waals surface area contributed by atoms with E-state index in [1.165, 1.54) is 13.3 Å². The molecule has 0 aliphatic heterocycles. The molecule has 0 amide bonds. The molecule has 5 rings (SSSR count). The molecule has 194 valence electrons. The Labute approximate surface area is 225 Å². The number of rotatable bonds is 6. The number of aromatic nitrogens is 5. The Morgan fingerprint density at radius 1 is 1.13 bits per heavy atom. The van der Waals surface area contributed by atoms with Gasteiger partial charge in [0, 0.05) is 30.2 Å². The van der Waals surface area contributed by atoms with E-state index in [0.29, 0.717) is 28.2 Å². The van der Waals surface area contributed by atoms with Crippen molar-refractivity contribution in [1.82, 2.24) is 29.6 Å². The molecule has 0 fully saturated rings. The van der Waals surface area contributed by atoms with Gasteiger partial charge in [0.2, 0.25) is 5.88 Å². The Kier molecular flexibility index (Phi) is 6.85. The smallest absolute Gasteiger partial charge is 0.264 e. The number of pyridine rings is 1. The van der Waals surface area contributed by atoms with Gasteiger partial charge in [0.1, 0.15) is 5.69 Å². The normalized spacial score (nSPS) is 11.5. The van der Waals surface area contributed by atoms with Crippen molar-refractivity contribution in [2.75, 3.05) is 12.8 Å². The number of nitrogens with zero attached hydrogens (tertiary/aromatic N) is 5. The number of aryl methyl sites for hydroxylation is 1. The second-order valence-corrected chi connectivity index (χ2v) is 8.96. The maximum absolute atomic E-state index is 14.1. The minimum Gasteiger partial charge on any atom is -0.480 e. The van der Waals surface area contributed by atoms with Crippen LogP contribution in [0, 0.1) is 11.8 Å². The lowest BCUT2D eigenvalue weighted by molar-refractivity contribution is 0.396. The number of ether oxygens (including phenoxy) is 1. The summed E-state index contributed by atoms with van der Waals surface area (Å²) < 4.78 is 8.49. The lowest BCUT2D eigenvalue weighted by atomic mass is 10.0. The molecule has 0 radical (unpaired) electrons. The third kappa shape index (κ3) is 5.08. The van der Waals surface area contributed by atoms with Crippen molar-refractivity contribution >= 4 is 22.3 Å². The Balaban J connectivity index is 1.62. The van der Waals surface area contributed by atoms with Crippen LogP contribution >= 0.6 is 0 Å². The van der Waals surface area contributed by atoms with E-state index in [1.807, 2.05) is 74.8 Å². The number of fused-ring (bicyclic) bond motifs is 1. The number of methoxy groups -OCH3 is 1. The number of nitrogens with two attached hydrogens (primary N) is 1. The van der Waals surface area contributed by atoms with E-state index in [4.69, 9.17) is 10.5 Å². The minimum absolute atomic E-state index is 0.173. The highest BCUT2D eigenvalue weighted by Gasteiger charge is 2.19. The molecular weight excluding hydrogens is 490 g/mol. The summed E-state index contributed by atoms with van der Waals surface area (Å²) in [7, 11) is 3.33. The van der Waals surface area contributed by atoms with Crippen molar-refractivity contribution in [3.63, 3.8) is 0 Å². The van der Waals surface area contributed by atoms with Crippen molar-refractivity contribution in [1.29, 1.82) is 0 Å². The molecule has 0 aliphatic carbocycles. The highest BCUT2D eigenvalue weighted by atomic mass is 16.5. The Bertz CT molecular complexity index is 1810. The molecule has 5 aromatic rings. The number of anilines is 1. The van der Waals surface area contributed by atoms with Gasteiger partial charge in [0.15, 0.2) is 5.82 Å². The van der Waals surface area contributed by atoms with E-state index >= 15 is 0 Å². The van der Waals surface area contributed by atoms with E-state index in [1.54, 1.807) is 15.4 Å². The van der Waals surface area contributed by atoms with E-state index in [9.17, 15) is 4.79 Å². The zero-order chi connectivity index (χ0) is 27.5. The van der Waals surface area contributed by atoms with Crippen molar-refractivity contribution in [3.8, 4) is 23.4 Å². The topological polar surface area (TPSA) is 113 Å². The standard InChI is InChI=1S/C30H27N7O2/c1-19(34-20(2)28-29(31)35-26(39-4)17-32-28)25-15-23-10-8-9-22(14-13-21-16-33-36(3)18-21)27(23)30(38)37(25)24-11-6-5-7-12-24/h5-12,15-19,34H,2H2,1,3-4H3,(H2,31,35)/t19-/m1/s1. The van der Waals surface area contributed by atoms with Crippen molar-refractivity contribution in [3.05, 3.63) is 113 Å². The molecule has 3 N–H and O–H groups in total. The molecule has 0 aliphatic rings. The molecule has 3 heterocycles. The first-order valence-corrected chi connectivity index (χ1v) is 12.2. The molecule has 0 spiro atoms. The Morgan fingerprint density at radius 2 is 1.92 bits per heavy atom. The van der Waals surface area contributed by atoms with E-state index in [0.717, 1.165) is 22.3 Å². The van der Waals surface area contributed by atoms with Crippen LogP contribution in [0.5, 0.6) is 5.88 Å². The van der Waals surface area contributed by atoms with Crippen LogP contribution in [0.1, 0.15) is 35.5 Å². The van der Waals surface area contributed by atoms with Crippen molar-refractivity contribution in [2.24, 2.45) is 7.05 Å². The SMILES string of the molecule is C=C(N[C@H](C)c1cc2cccc(C#Cc3cnn(C)c3)c2c(=O)n1-c1ccccc1)c1ncc(OC)nc1N. The third-order valence-electron chi connectivity index (χ3n) is 6.24. The second kappa shape index (κ2) is 10.6. The highest BCUT2D eigenvalue weighted by Crippen LogP contribution is 2.25. The predicted molar refractivity (Wildman–Crippen MR) is 152 cm³/mol. The second-order valence-electron chi connectivity index (χ2n) is 8.96. The summed E-state index contributed by atoms with van der Waals surface area (Å²) in [6, 6.07) is 16.8. The third-order valence-corrected chi connectivity index (χ3v) is 6.24. The summed E-state index contributed by atoms with van der Waals surface area (Å²) in [4.78, 5) is 22.7. The summed E-state index contributed by atoms with van der Waals surface area (Å²) >= 11 is 0. The number of nitrogens with one attached hydrogen (secondary N) is 1. The van der Waals surface area contributed by atoms with Crippen LogP contribution < -0.4 is 21.3 Å². The van der Waals surface area contributed by atoms with Gasteiger partial charge in [-0.2, -0.15) is 10.1 Å². The van der Waals surface area contributed by atoms with Crippen LogP contribution in [0.4, 0.5) is 5.82 Å². The van der Waals surface area contributed by atoms with Gasteiger partial charge < -0.3 is 15.8 Å². The van der Waals surface area contributed by atoms with Gasteiger partial charge in [-0.3, -0.25) is 14.0 Å². The maximum atomic E-state index is 14.1. The van der Waals surface area contributed by atoms with E-state index in [2.05, 4.69) is 38.8 Å². The van der Waals surface area contributed by atoms with Crippen LogP contribution in [0.15, 0.2) is 84.6 Å². The molecule has 9 heteroatoms. The Hall–Kier alpha value is -5.36. The fraction of sp³-hybridized carbons (Fsp3) is 0.133. The first kappa shape index (κ1) is 25.3. The molecule has 0 bridgehead atoms. The summed E-state index contributed by atoms with van der Waals surface area (Å²) in [5.74, 6) is 6.79. The maximum Gasteiger partial charge on any atom is 0.264 e. The summed E-state index contributed by atoms with van der Waals surface area (Å²) in [5.41, 5.74) is 9.68. The quantitative estimate of drug-likeness (QED) is 0.329. The summed E-state index contributed by atoms with van der Waals surface area (Å²) in [6.45, 7) is 6.06. The molecule has 1 atom stereocenters. The fourth-order valence-electron chi connectivity index (χ4n) is 4.39. The zero-order valence-corrected chi connectivity index (χ0v) is 21.8. The van der Waals surface area contributed by atoms with Crippen LogP contribution in [0.2, 0.25) is 0 Å². The van der Waals surface area contributed by atoms with Gasteiger partial charge in [-0.15, -0.1) is 0 Å². The van der Waals surface area contributed by atoms with Gasteiger partial charge in [0.25, 0.3) is 5.56 Å². The van der Waals surface area contributed by atoms with Gasteiger partial charge in [-0.1, -0.05) is 48.8 Å². The van der Waals surface area contributed by atoms with Crippen LogP contribution in [0.3, 0.4) is 0 Å². The van der Waals surface area contributed by atoms with Crippen molar-refractivity contribution in [2.45, 2.75) is 13.0 Å². The molecule has 0 saturated heterocycles. The lowest BCUT2D eigenvalue weighted by Gasteiger charge is -2.23. The zero-order valence-electron chi connectivity index (χ0n) is 21.8. The largest absolute Gasteiger partial charge is 0.480 e. The highest BCUT2D eigenvalue weighted by molar-refractivity contribution is 5.88. The number of benzene rings is 2. The summed E-state index contributed by atoms with van der Waals surface area (Å²) in [6.07, 6.45) is 5.00. The number of hydrogen-bond donors (Lipinski definition) is 2. The molecule has 2 aromatic carbocycles. The molecule has 9 nitrogen and oxygen atoms in total. The monoisotopic (exact) mass is 517 g/mol. The first-order chi connectivity index (χ1) is 18.9. The minimum atomic E-state index is -0.344. The van der Waals surface area contributed by atoms with Crippen LogP contribution in [0.25, 0.3) is 22.2 Å². The van der Waals surface area contributed by atoms with Gasteiger partial charge in [0.05, 0.1) is 42.2 Å². The predicted octanol–water partition coefficient (Wildman–Crippen LogP) is 3.83. The average molecular weight is 518 g/mol. The number of nitrogen functional groups attached to an aromatic ring is 1. The molecule has 0 unspecified atom stereocenters. The molecule has 3 aromatic heterocycles. The fourth-order valence-corrected chi connectivity index (χ4v) is 4.39. The van der Waals surface area contributed by atoms with E-state index < -0.39 is 0 Å². The summed E-state index contributed by atoms with van der Waals surface area (Å²) in [5, 5.41) is 8.83. The van der Waals surface area contributed by atoms with Crippen LogP contribution in [-0.2, 0) is 7.05 Å². The van der Waals surface area contributed by atoms with Crippen molar-refractivity contribution < 1.29 is 4.74 Å². The van der Waals surface area contributed by atoms with Gasteiger partial charge in [-0.05, 0) is 36.6 Å². The van der Waals surface area contributed by atoms with Crippen LogP contribution in [-0.4, -0.2) is 31.4 Å². The number of hydrogen-bond acceptors (Lipinski definition) is 7. The average Bonchev–Trinajstić information content (AvgIpc) is 3.36. The molecule has 0 saturated carbocycles.